The van der Waals surface area contributed by atoms with Gasteiger partial charge in [0.05, 0.1) is 6.04 Å². The van der Waals surface area contributed by atoms with Gasteiger partial charge in [-0.2, -0.15) is 0 Å². The fourth-order valence-electron chi connectivity index (χ4n) is 2.40. The molecule has 1 aromatic heterocycles. The van der Waals surface area contributed by atoms with Gasteiger partial charge in [0.15, 0.2) is 0 Å². The van der Waals surface area contributed by atoms with E-state index < -0.39 is 0 Å². The molecule has 102 valence electrons. The number of hydrogen-bond acceptors (Lipinski definition) is 3. The van der Waals surface area contributed by atoms with Gasteiger partial charge in [-0.25, -0.2) is 4.98 Å². The Labute approximate surface area is 119 Å². The molecule has 0 spiro atoms. The smallest absolute Gasteiger partial charge is 0.110 e. The molecule has 1 aromatic carbocycles. The highest BCUT2D eigenvalue weighted by Gasteiger charge is 2.10. The molecule has 0 aliphatic rings. The summed E-state index contributed by atoms with van der Waals surface area (Å²) in [7, 11) is 0. The second-order valence-electron chi connectivity index (χ2n) is 5.31. The highest BCUT2D eigenvalue weighted by atomic mass is 32.1. The number of aromatic nitrogens is 1. The van der Waals surface area contributed by atoms with Gasteiger partial charge >= 0.3 is 0 Å². The molecule has 2 rings (SSSR count). The quantitative estimate of drug-likeness (QED) is 0.902. The van der Waals surface area contributed by atoms with E-state index in [2.05, 4.69) is 55.5 Å². The average molecular weight is 274 g/mol. The van der Waals surface area contributed by atoms with Crippen molar-refractivity contribution >= 4 is 11.3 Å². The van der Waals surface area contributed by atoms with Crippen LogP contribution in [0.3, 0.4) is 0 Å². The van der Waals surface area contributed by atoms with Crippen LogP contribution < -0.4 is 5.32 Å². The van der Waals surface area contributed by atoms with Gasteiger partial charge in [0.2, 0.25) is 0 Å². The molecule has 1 heterocycles. The molecule has 0 radical (unpaired) electrons. The fourth-order valence-corrected chi connectivity index (χ4v) is 3.23. The van der Waals surface area contributed by atoms with Crippen LogP contribution in [0, 0.1) is 27.7 Å². The Morgan fingerprint density at radius 3 is 2.32 bits per heavy atom. The Kier molecular flexibility index (Phi) is 4.38. The zero-order valence-electron chi connectivity index (χ0n) is 12.4. The Hall–Kier alpha value is -1.19. The van der Waals surface area contributed by atoms with E-state index in [-0.39, 0.29) is 0 Å². The number of nitrogens with one attached hydrogen (secondary N) is 1. The Bertz CT molecular complexity index is 549. The summed E-state index contributed by atoms with van der Waals surface area (Å²) >= 11 is 1.73. The van der Waals surface area contributed by atoms with E-state index in [9.17, 15) is 0 Å². The molecule has 1 N–H and O–H groups in total. The summed E-state index contributed by atoms with van der Waals surface area (Å²) in [6.07, 6.45) is 0. The summed E-state index contributed by atoms with van der Waals surface area (Å²) < 4.78 is 0. The first kappa shape index (κ1) is 14.2. The first-order chi connectivity index (χ1) is 8.97. The maximum absolute atomic E-state index is 4.54. The normalized spacial score (nSPS) is 12.7. The van der Waals surface area contributed by atoms with Gasteiger partial charge in [0.25, 0.3) is 0 Å². The molecule has 0 bridgehead atoms. The van der Waals surface area contributed by atoms with Crippen molar-refractivity contribution in [1.29, 1.82) is 0 Å². The summed E-state index contributed by atoms with van der Waals surface area (Å²) in [4.78, 5) is 4.54. The molecule has 2 nitrogen and oxygen atoms in total. The summed E-state index contributed by atoms with van der Waals surface area (Å²) in [5, 5.41) is 6.85. The van der Waals surface area contributed by atoms with Gasteiger partial charge < -0.3 is 5.32 Å². The standard InChI is InChI=1S/C16H22N2S/c1-10-6-11(2)15(12(3)7-10)8-17-14(5)16-18-13(4)9-19-16/h6-7,9,14,17H,8H2,1-5H3. The molecular weight excluding hydrogens is 252 g/mol. The highest BCUT2D eigenvalue weighted by Crippen LogP contribution is 2.20. The molecule has 0 saturated carbocycles. The minimum atomic E-state index is 0.304. The minimum Gasteiger partial charge on any atom is -0.304 e. The summed E-state index contributed by atoms with van der Waals surface area (Å²) in [6.45, 7) is 11.7. The van der Waals surface area contributed by atoms with E-state index in [1.165, 1.54) is 27.3 Å². The Morgan fingerprint density at radius 1 is 1.16 bits per heavy atom. The van der Waals surface area contributed by atoms with Gasteiger partial charge in [-0.3, -0.25) is 0 Å². The Morgan fingerprint density at radius 2 is 1.79 bits per heavy atom. The molecular formula is C16H22N2S. The summed E-state index contributed by atoms with van der Waals surface area (Å²) in [6, 6.07) is 4.81. The molecule has 0 fully saturated rings. The Balaban J connectivity index is 2.07. The number of hydrogen-bond donors (Lipinski definition) is 1. The predicted molar refractivity (Wildman–Crippen MR) is 82.8 cm³/mol. The fraction of sp³-hybridized carbons (Fsp3) is 0.438. The van der Waals surface area contributed by atoms with Crippen molar-refractivity contribution in [3.05, 3.63) is 50.5 Å². The molecule has 2 aromatic rings. The zero-order valence-corrected chi connectivity index (χ0v) is 13.2. The van der Waals surface area contributed by atoms with Crippen LogP contribution in [0.2, 0.25) is 0 Å². The van der Waals surface area contributed by atoms with Gasteiger partial charge in [0, 0.05) is 17.6 Å². The van der Waals surface area contributed by atoms with Crippen molar-refractivity contribution in [3.8, 4) is 0 Å². The summed E-state index contributed by atoms with van der Waals surface area (Å²) in [5.74, 6) is 0. The zero-order chi connectivity index (χ0) is 14.0. The van der Waals surface area contributed by atoms with Crippen molar-refractivity contribution in [2.75, 3.05) is 0 Å². The lowest BCUT2D eigenvalue weighted by Gasteiger charge is -2.15. The second kappa shape index (κ2) is 5.85. The third-order valence-electron chi connectivity index (χ3n) is 3.43. The van der Waals surface area contributed by atoms with Crippen molar-refractivity contribution in [2.24, 2.45) is 0 Å². The molecule has 0 aliphatic carbocycles. The monoisotopic (exact) mass is 274 g/mol. The number of aryl methyl sites for hydroxylation is 4. The predicted octanol–water partition coefficient (Wildman–Crippen LogP) is 4.23. The van der Waals surface area contributed by atoms with Crippen LogP contribution >= 0.6 is 11.3 Å². The molecule has 19 heavy (non-hydrogen) atoms. The summed E-state index contributed by atoms with van der Waals surface area (Å²) in [5.41, 5.74) is 6.59. The van der Waals surface area contributed by atoms with Gasteiger partial charge in [0.1, 0.15) is 5.01 Å². The van der Waals surface area contributed by atoms with Crippen molar-refractivity contribution in [1.82, 2.24) is 10.3 Å². The van der Waals surface area contributed by atoms with Gasteiger partial charge in [-0.15, -0.1) is 11.3 Å². The number of rotatable bonds is 4. The molecule has 3 heteroatoms. The van der Waals surface area contributed by atoms with Crippen LogP contribution in [0.4, 0.5) is 0 Å². The van der Waals surface area contributed by atoms with E-state index >= 15 is 0 Å². The van der Waals surface area contributed by atoms with E-state index in [0.717, 1.165) is 12.2 Å². The van der Waals surface area contributed by atoms with Crippen molar-refractivity contribution in [3.63, 3.8) is 0 Å². The second-order valence-corrected chi connectivity index (χ2v) is 6.20. The lowest BCUT2D eigenvalue weighted by Crippen LogP contribution is -2.19. The molecule has 1 atom stereocenters. The first-order valence-electron chi connectivity index (χ1n) is 6.69. The minimum absolute atomic E-state index is 0.304. The lowest BCUT2D eigenvalue weighted by molar-refractivity contribution is 0.568. The maximum atomic E-state index is 4.54. The average Bonchev–Trinajstić information content (AvgIpc) is 2.74. The number of nitrogens with zero attached hydrogens (tertiary/aromatic N) is 1. The molecule has 0 aliphatic heterocycles. The van der Waals surface area contributed by atoms with E-state index in [0.29, 0.717) is 6.04 Å². The van der Waals surface area contributed by atoms with Crippen LogP contribution in [-0.4, -0.2) is 4.98 Å². The molecule has 0 saturated heterocycles. The topological polar surface area (TPSA) is 24.9 Å². The van der Waals surface area contributed by atoms with E-state index in [4.69, 9.17) is 0 Å². The maximum Gasteiger partial charge on any atom is 0.110 e. The van der Waals surface area contributed by atoms with Gasteiger partial charge in [-0.05, 0) is 51.3 Å². The highest BCUT2D eigenvalue weighted by molar-refractivity contribution is 7.09. The van der Waals surface area contributed by atoms with Crippen molar-refractivity contribution in [2.45, 2.75) is 47.2 Å². The van der Waals surface area contributed by atoms with Crippen LogP contribution in [-0.2, 0) is 6.54 Å². The third-order valence-corrected chi connectivity index (χ3v) is 4.58. The van der Waals surface area contributed by atoms with Crippen molar-refractivity contribution < 1.29 is 0 Å². The van der Waals surface area contributed by atoms with Crippen LogP contribution in [0.15, 0.2) is 17.5 Å². The van der Waals surface area contributed by atoms with Gasteiger partial charge in [-0.1, -0.05) is 17.7 Å². The van der Waals surface area contributed by atoms with Crippen LogP contribution in [0.25, 0.3) is 0 Å². The van der Waals surface area contributed by atoms with E-state index in [1.54, 1.807) is 11.3 Å². The molecule has 0 amide bonds. The lowest BCUT2D eigenvalue weighted by atomic mass is 10.00. The number of thiazole rings is 1. The molecule has 1 unspecified atom stereocenters. The largest absolute Gasteiger partial charge is 0.304 e. The number of benzene rings is 1. The first-order valence-corrected chi connectivity index (χ1v) is 7.57. The van der Waals surface area contributed by atoms with Crippen LogP contribution in [0.1, 0.15) is 45.9 Å². The SMILES string of the molecule is Cc1cc(C)c(CNC(C)c2nc(C)cs2)c(C)c1. The van der Waals surface area contributed by atoms with E-state index in [1.807, 2.05) is 6.92 Å². The third kappa shape index (κ3) is 3.43. The van der Waals surface area contributed by atoms with Crippen LogP contribution in [0.5, 0.6) is 0 Å².